The quantitative estimate of drug-likeness (QED) is 0.601. The maximum absolute atomic E-state index is 12.3. The average molecular weight is 380 g/mol. The van der Waals surface area contributed by atoms with Crippen LogP contribution in [0.5, 0.6) is 0 Å². The van der Waals surface area contributed by atoms with Gasteiger partial charge in [0.2, 0.25) is 0 Å². The fourth-order valence-corrected chi connectivity index (χ4v) is 3.07. The molecule has 1 aromatic heterocycles. The second-order valence-corrected chi connectivity index (χ2v) is 7.12. The van der Waals surface area contributed by atoms with Gasteiger partial charge in [0.25, 0.3) is 5.91 Å². The number of carbonyl (C=O) groups excluding carboxylic acids is 2. The molecular formula is C22H24N2O4. The lowest BCUT2D eigenvalue weighted by Crippen LogP contribution is -2.33. The Hall–Kier alpha value is -3.15. The Bertz CT molecular complexity index is 934. The van der Waals surface area contributed by atoms with Crippen molar-refractivity contribution in [3.8, 4) is 0 Å². The van der Waals surface area contributed by atoms with Crippen molar-refractivity contribution in [2.45, 2.75) is 32.7 Å². The zero-order valence-corrected chi connectivity index (χ0v) is 16.1. The van der Waals surface area contributed by atoms with Gasteiger partial charge in [-0.25, -0.2) is 0 Å². The molecule has 6 nitrogen and oxygen atoms in total. The molecule has 0 aliphatic heterocycles. The number of hydrogen-bond donors (Lipinski definition) is 1. The zero-order chi connectivity index (χ0) is 19.9. The number of nitrogens with zero attached hydrogens (tertiary/aromatic N) is 1. The average Bonchev–Trinajstić information content (AvgIpc) is 3.09. The third-order valence-electron chi connectivity index (χ3n) is 4.37. The van der Waals surface area contributed by atoms with Gasteiger partial charge >= 0.3 is 5.97 Å². The molecule has 0 fully saturated rings. The van der Waals surface area contributed by atoms with Crippen molar-refractivity contribution in [3.63, 3.8) is 0 Å². The molecule has 0 bridgehead atoms. The molecule has 1 N–H and O–H groups in total. The van der Waals surface area contributed by atoms with E-state index in [0.717, 1.165) is 17.4 Å². The van der Waals surface area contributed by atoms with Crippen LogP contribution < -0.4 is 5.32 Å². The Labute approximate surface area is 163 Å². The smallest absolute Gasteiger partial charge is 0.312 e. The summed E-state index contributed by atoms with van der Waals surface area (Å²) in [5.74, 6) is -0.435. The molecule has 0 saturated carbocycles. The highest BCUT2D eigenvalue weighted by molar-refractivity contribution is 5.85. The van der Waals surface area contributed by atoms with Crippen molar-refractivity contribution in [3.05, 3.63) is 65.9 Å². The molecule has 6 heteroatoms. The topological polar surface area (TPSA) is 81.4 Å². The highest BCUT2D eigenvalue weighted by atomic mass is 16.5. The van der Waals surface area contributed by atoms with E-state index in [1.54, 1.807) is 6.07 Å². The first kappa shape index (κ1) is 19.6. The molecule has 0 radical (unpaired) electrons. The molecule has 3 rings (SSSR count). The lowest BCUT2D eigenvalue weighted by atomic mass is 9.97. The minimum Gasteiger partial charge on any atom is -0.455 e. The number of aromatic nitrogens is 1. The third kappa shape index (κ3) is 5.19. The summed E-state index contributed by atoms with van der Waals surface area (Å²) < 4.78 is 10.3. The Morgan fingerprint density at radius 3 is 2.54 bits per heavy atom. The number of nitrogens with one attached hydrogen (secondary N) is 1. The maximum Gasteiger partial charge on any atom is 0.312 e. The van der Waals surface area contributed by atoms with Crippen LogP contribution in [0, 0.1) is 5.92 Å². The van der Waals surface area contributed by atoms with E-state index in [0.29, 0.717) is 17.2 Å². The van der Waals surface area contributed by atoms with E-state index in [2.05, 4.69) is 24.3 Å². The van der Waals surface area contributed by atoms with Gasteiger partial charge in [-0.2, -0.15) is 0 Å². The molecular weight excluding hydrogens is 356 g/mol. The number of amides is 1. The van der Waals surface area contributed by atoms with E-state index in [9.17, 15) is 9.59 Å². The van der Waals surface area contributed by atoms with E-state index in [4.69, 9.17) is 9.26 Å². The molecule has 146 valence electrons. The number of ether oxygens (including phenoxy) is 1. The monoisotopic (exact) mass is 380 g/mol. The molecule has 0 aliphatic rings. The largest absolute Gasteiger partial charge is 0.455 e. The van der Waals surface area contributed by atoms with Gasteiger partial charge in [-0.15, -0.1) is 0 Å². The van der Waals surface area contributed by atoms with Crippen molar-refractivity contribution in [1.82, 2.24) is 10.5 Å². The van der Waals surface area contributed by atoms with Gasteiger partial charge in [-0.05, 0) is 30.0 Å². The number of carbonyl (C=O) groups is 2. The summed E-state index contributed by atoms with van der Waals surface area (Å²) in [7, 11) is 0. The molecule has 0 saturated heterocycles. The van der Waals surface area contributed by atoms with Crippen molar-refractivity contribution >= 4 is 22.8 Å². The number of esters is 1. The van der Waals surface area contributed by atoms with Gasteiger partial charge in [0.15, 0.2) is 12.2 Å². The summed E-state index contributed by atoms with van der Waals surface area (Å²) in [4.78, 5) is 24.4. The highest BCUT2D eigenvalue weighted by Crippen LogP contribution is 2.21. The van der Waals surface area contributed by atoms with E-state index in [1.807, 2.05) is 48.5 Å². The molecule has 0 aliphatic carbocycles. The first-order chi connectivity index (χ1) is 13.5. The SMILES string of the molecule is CC(C)C[C@@H](NC(=O)COC(=O)Cc1noc2ccccc12)c1ccccc1. The van der Waals surface area contributed by atoms with Crippen molar-refractivity contribution in [1.29, 1.82) is 0 Å². The van der Waals surface area contributed by atoms with Gasteiger partial charge in [-0.1, -0.05) is 61.5 Å². The fourth-order valence-electron chi connectivity index (χ4n) is 3.07. The molecule has 0 spiro atoms. The number of fused-ring (bicyclic) bond motifs is 1. The second-order valence-electron chi connectivity index (χ2n) is 7.12. The highest BCUT2D eigenvalue weighted by Gasteiger charge is 2.18. The van der Waals surface area contributed by atoms with Crippen molar-refractivity contribution < 1.29 is 18.8 Å². The van der Waals surface area contributed by atoms with Crippen molar-refractivity contribution in [2.24, 2.45) is 5.92 Å². The van der Waals surface area contributed by atoms with Gasteiger partial charge < -0.3 is 14.6 Å². The summed E-state index contributed by atoms with van der Waals surface area (Å²) in [6.07, 6.45) is 0.757. The minimum absolute atomic E-state index is 0.0433. The Morgan fingerprint density at radius 2 is 1.79 bits per heavy atom. The van der Waals surface area contributed by atoms with Gasteiger partial charge in [0.05, 0.1) is 12.5 Å². The first-order valence-electron chi connectivity index (χ1n) is 9.36. The van der Waals surface area contributed by atoms with Gasteiger partial charge in [0, 0.05) is 5.39 Å². The number of para-hydroxylation sites is 1. The van der Waals surface area contributed by atoms with Crippen LogP contribution >= 0.6 is 0 Å². The van der Waals surface area contributed by atoms with Crippen molar-refractivity contribution in [2.75, 3.05) is 6.61 Å². The summed E-state index contributed by atoms with van der Waals surface area (Å²) in [5, 5.41) is 7.63. The first-order valence-corrected chi connectivity index (χ1v) is 9.36. The summed E-state index contributed by atoms with van der Waals surface area (Å²) in [6, 6.07) is 17.0. The summed E-state index contributed by atoms with van der Waals surface area (Å²) >= 11 is 0. The normalized spacial score (nSPS) is 12.1. The second kappa shape index (κ2) is 9.17. The molecule has 1 heterocycles. The fraction of sp³-hybridized carbons (Fsp3) is 0.318. The molecule has 0 unspecified atom stereocenters. The maximum atomic E-state index is 12.3. The Morgan fingerprint density at radius 1 is 1.07 bits per heavy atom. The molecule has 3 aromatic rings. The zero-order valence-electron chi connectivity index (χ0n) is 16.1. The van der Waals surface area contributed by atoms with Crippen LogP contribution in [0.3, 0.4) is 0 Å². The standard InChI is InChI=1S/C22H24N2O4/c1-15(2)12-18(16-8-4-3-5-9-16)23-21(25)14-27-22(26)13-19-17-10-6-7-11-20(17)28-24-19/h3-11,15,18H,12-14H2,1-2H3,(H,23,25)/t18-/m1/s1. The third-order valence-corrected chi connectivity index (χ3v) is 4.37. The van der Waals surface area contributed by atoms with Crippen LogP contribution in [0.25, 0.3) is 11.0 Å². The lowest BCUT2D eigenvalue weighted by molar-refractivity contribution is -0.148. The number of hydrogen-bond acceptors (Lipinski definition) is 5. The van der Waals surface area contributed by atoms with Crippen LogP contribution in [-0.4, -0.2) is 23.6 Å². The van der Waals surface area contributed by atoms with Crippen LogP contribution in [0.2, 0.25) is 0 Å². The Balaban J connectivity index is 1.54. The lowest BCUT2D eigenvalue weighted by Gasteiger charge is -2.21. The molecule has 1 amide bonds. The van der Waals surface area contributed by atoms with Gasteiger partial charge in [0.1, 0.15) is 5.69 Å². The number of rotatable bonds is 8. The van der Waals surface area contributed by atoms with E-state index < -0.39 is 5.97 Å². The molecule has 28 heavy (non-hydrogen) atoms. The van der Waals surface area contributed by atoms with Crippen LogP contribution in [0.1, 0.15) is 37.6 Å². The molecule has 1 atom stereocenters. The minimum atomic E-state index is -0.519. The summed E-state index contributed by atoms with van der Waals surface area (Å²) in [5.41, 5.74) is 2.15. The molecule has 2 aromatic carbocycles. The van der Waals surface area contributed by atoms with E-state index >= 15 is 0 Å². The predicted octanol–water partition coefficient (Wildman–Crippen LogP) is 3.82. The predicted molar refractivity (Wildman–Crippen MR) is 105 cm³/mol. The number of benzene rings is 2. The van der Waals surface area contributed by atoms with Crippen LogP contribution in [0.4, 0.5) is 0 Å². The van der Waals surface area contributed by atoms with Crippen LogP contribution in [-0.2, 0) is 20.7 Å². The van der Waals surface area contributed by atoms with E-state index in [-0.39, 0.29) is 25.0 Å². The summed E-state index contributed by atoms with van der Waals surface area (Å²) in [6.45, 7) is 3.88. The Kier molecular flexibility index (Phi) is 6.42. The van der Waals surface area contributed by atoms with E-state index in [1.165, 1.54) is 0 Å². The van der Waals surface area contributed by atoms with Crippen LogP contribution in [0.15, 0.2) is 59.1 Å². The van der Waals surface area contributed by atoms with Gasteiger partial charge in [-0.3, -0.25) is 9.59 Å².